The van der Waals surface area contributed by atoms with E-state index in [0.717, 1.165) is 87.2 Å². The van der Waals surface area contributed by atoms with E-state index >= 15 is 0 Å². The summed E-state index contributed by atoms with van der Waals surface area (Å²) < 4.78 is 6.54. The number of benzene rings is 5. The lowest BCUT2D eigenvalue weighted by Crippen LogP contribution is -2.04. The van der Waals surface area contributed by atoms with Crippen LogP contribution in [0.4, 0.5) is 0 Å². The number of pyridine rings is 2. The Balaban J connectivity index is 1.58. The maximum atomic E-state index is 5.04. The standard InChI is InChI=1S/C44H28Br2N4/c45-33-21-25-37(47-27-33)49-41(31-17-9-3-10-18-31)39(29-13-5-1-6-14-29)35-23-24-36-40(30-15-7-2-8-16-30)42(32-19-11-4-12-20-32)50(44(36)43(35)49)38-26-22-34(46)28-48-38/h1-28H. The Morgan fingerprint density at radius 1 is 0.360 bits per heavy atom. The summed E-state index contributed by atoms with van der Waals surface area (Å²) in [6, 6.07) is 55.6. The maximum Gasteiger partial charge on any atom is 0.137 e. The van der Waals surface area contributed by atoms with Crippen LogP contribution >= 0.6 is 31.9 Å². The molecule has 0 aliphatic carbocycles. The number of nitrogens with zero attached hydrogens (tertiary/aromatic N) is 4. The molecule has 4 heterocycles. The summed E-state index contributed by atoms with van der Waals surface area (Å²) in [5, 5.41) is 2.25. The zero-order chi connectivity index (χ0) is 33.6. The summed E-state index contributed by atoms with van der Waals surface area (Å²) in [7, 11) is 0. The van der Waals surface area contributed by atoms with Gasteiger partial charge in [-0.2, -0.15) is 0 Å². The van der Waals surface area contributed by atoms with E-state index in [-0.39, 0.29) is 0 Å². The molecule has 0 unspecified atom stereocenters. The molecule has 0 radical (unpaired) electrons. The average Bonchev–Trinajstić information content (AvgIpc) is 3.71. The molecule has 0 bridgehead atoms. The van der Waals surface area contributed by atoms with Crippen LogP contribution in [-0.4, -0.2) is 19.1 Å². The highest BCUT2D eigenvalue weighted by Crippen LogP contribution is 2.50. The average molecular weight is 773 g/mol. The first-order valence-corrected chi connectivity index (χ1v) is 18.0. The minimum Gasteiger partial charge on any atom is -0.291 e. The molecule has 4 aromatic heterocycles. The van der Waals surface area contributed by atoms with Crippen molar-refractivity contribution in [2.45, 2.75) is 0 Å². The summed E-state index contributed by atoms with van der Waals surface area (Å²) in [5.41, 5.74) is 11.0. The summed E-state index contributed by atoms with van der Waals surface area (Å²) in [5.74, 6) is 1.65. The second kappa shape index (κ2) is 12.7. The molecule has 0 atom stereocenters. The van der Waals surface area contributed by atoms with Crippen LogP contribution in [0.15, 0.2) is 179 Å². The molecule has 0 spiro atoms. The predicted octanol–water partition coefficient (Wildman–Crippen LogP) is 12.6. The van der Waals surface area contributed by atoms with E-state index < -0.39 is 0 Å². The Morgan fingerprint density at radius 3 is 1.02 bits per heavy atom. The molecule has 0 saturated heterocycles. The van der Waals surface area contributed by atoms with Crippen molar-refractivity contribution in [3.05, 3.63) is 179 Å². The van der Waals surface area contributed by atoms with Crippen LogP contribution in [0, 0.1) is 0 Å². The Bertz CT molecular complexity index is 2430. The zero-order valence-electron chi connectivity index (χ0n) is 26.7. The summed E-state index contributed by atoms with van der Waals surface area (Å²) in [4.78, 5) is 10.1. The highest BCUT2D eigenvalue weighted by atomic mass is 79.9. The molecule has 238 valence electrons. The van der Waals surface area contributed by atoms with Crippen LogP contribution in [0.1, 0.15) is 0 Å². The molecule has 0 aliphatic rings. The predicted molar refractivity (Wildman–Crippen MR) is 213 cm³/mol. The second-order valence-corrected chi connectivity index (χ2v) is 13.9. The Labute approximate surface area is 306 Å². The topological polar surface area (TPSA) is 35.6 Å². The lowest BCUT2D eigenvalue weighted by atomic mass is 9.96. The van der Waals surface area contributed by atoms with Crippen LogP contribution in [0.3, 0.4) is 0 Å². The van der Waals surface area contributed by atoms with Gasteiger partial charge in [-0.25, -0.2) is 9.97 Å². The lowest BCUT2D eigenvalue weighted by Gasteiger charge is -2.15. The molecule has 4 nitrogen and oxygen atoms in total. The molecule has 9 rings (SSSR count). The Kier molecular flexibility index (Phi) is 7.76. The molecular weight excluding hydrogens is 744 g/mol. The fourth-order valence-corrected chi connectivity index (χ4v) is 7.60. The van der Waals surface area contributed by atoms with Crippen LogP contribution in [0.25, 0.3) is 78.2 Å². The first-order valence-electron chi connectivity index (χ1n) is 16.4. The maximum absolute atomic E-state index is 5.04. The molecule has 50 heavy (non-hydrogen) atoms. The third-order valence-electron chi connectivity index (χ3n) is 9.16. The van der Waals surface area contributed by atoms with E-state index in [1.165, 1.54) is 0 Å². The van der Waals surface area contributed by atoms with Gasteiger partial charge in [-0.1, -0.05) is 133 Å². The van der Waals surface area contributed by atoms with Crippen molar-refractivity contribution in [1.29, 1.82) is 0 Å². The van der Waals surface area contributed by atoms with Gasteiger partial charge in [-0.15, -0.1) is 0 Å². The van der Waals surface area contributed by atoms with Gasteiger partial charge in [0.1, 0.15) is 11.6 Å². The van der Waals surface area contributed by atoms with Gasteiger partial charge in [-0.05, 0) is 78.4 Å². The van der Waals surface area contributed by atoms with Gasteiger partial charge in [0.05, 0.1) is 22.4 Å². The van der Waals surface area contributed by atoms with Crippen molar-refractivity contribution in [1.82, 2.24) is 19.1 Å². The van der Waals surface area contributed by atoms with Crippen molar-refractivity contribution in [3.63, 3.8) is 0 Å². The highest BCUT2D eigenvalue weighted by molar-refractivity contribution is 9.10. The zero-order valence-corrected chi connectivity index (χ0v) is 29.9. The summed E-state index contributed by atoms with van der Waals surface area (Å²) >= 11 is 7.28. The molecule has 0 fully saturated rings. The lowest BCUT2D eigenvalue weighted by molar-refractivity contribution is 1.03. The molecule has 0 N–H and O–H groups in total. The largest absolute Gasteiger partial charge is 0.291 e. The third kappa shape index (κ3) is 5.11. The van der Waals surface area contributed by atoms with Crippen LogP contribution in [0.5, 0.6) is 0 Å². The van der Waals surface area contributed by atoms with Crippen molar-refractivity contribution < 1.29 is 0 Å². The number of rotatable bonds is 6. The Morgan fingerprint density at radius 2 is 0.700 bits per heavy atom. The second-order valence-electron chi connectivity index (χ2n) is 12.1. The normalized spacial score (nSPS) is 11.4. The van der Waals surface area contributed by atoms with Gasteiger partial charge < -0.3 is 0 Å². The number of aromatic nitrogens is 4. The molecular formula is C44H28Br2N4. The van der Waals surface area contributed by atoms with E-state index in [1.54, 1.807) is 0 Å². The van der Waals surface area contributed by atoms with Gasteiger partial charge in [0.2, 0.25) is 0 Å². The van der Waals surface area contributed by atoms with E-state index in [1.807, 2.05) is 12.4 Å². The first-order chi connectivity index (χ1) is 24.7. The molecule has 0 saturated carbocycles. The summed E-state index contributed by atoms with van der Waals surface area (Å²) in [6.45, 7) is 0. The minimum absolute atomic E-state index is 0.825. The van der Waals surface area contributed by atoms with Crippen LogP contribution in [-0.2, 0) is 0 Å². The van der Waals surface area contributed by atoms with Gasteiger partial charge in [0.15, 0.2) is 0 Å². The highest BCUT2D eigenvalue weighted by Gasteiger charge is 2.29. The van der Waals surface area contributed by atoms with Gasteiger partial charge in [0.25, 0.3) is 0 Å². The smallest absolute Gasteiger partial charge is 0.137 e. The van der Waals surface area contributed by atoms with E-state index in [0.29, 0.717) is 0 Å². The first kappa shape index (κ1) is 30.5. The third-order valence-corrected chi connectivity index (χ3v) is 10.1. The molecule has 6 heteroatoms. The number of hydrogen-bond donors (Lipinski definition) is 0. The van der Waals surface area contributed by atoms with Crippen molar-refractivity contribution in [2.24, 2.45) is 0 Å². The van der Waals surface area contributed by atoms with Crippen LogP contribution in [0.2, 0.25) is 0 Å². The number of hydrogen-bond acceptors (Lipinski definition) is 2. The molecule has 5 aromatic carbocycles. The SMILES string of the molecule is Brc1ccc(-n2c(-c3ccccc3)c(-c3ccccc3)c3ccc4c(-c5ccccc5)c(-c5ccccc5)n(-c5ccc(Br)cn5)c4c32)nc1. The van der Waals surface area contributed by atoms with Gasteiger partial charge >= 0.3 is 0 Å². The Hall–Kier alpha value is -5.56. The molecule has 0 amide bonds. The number of halogens is 2. The fraction of sp³-hybridized carbons (Fsp3) is 0. The number of fused-ring (bicyclic) bond motifs is 3. The van der Waals surface area contributed by atoms with Crippen molar-refractivity contribution in [2.75, 3.05) is 0 Å². The van der Waals surface area contributed by atoms with Crippen molar-refractivity contribution in [3.8, 4) is 56.4 Å². The monoisotopic (exact) mass is 770 g/mol. The van der Waals surface area contributed by atoms with E-state index in [2.05, 4.69) is 199 Å². The van der Waals surface area contributed by atoms with Crippen molar-refractivity contribution >= 4 is 53.7 Å². The molecule has 0 aliphatic heterocycles. The van der Waals surface area contributed by atoms with E-state index in [4.69, 9.17) is 9.97 Å². The van der Waals surface area contributed by atoms with Gasteiger partial charge in [-0.3, -0.25) is 9.13 Å². The van der Waals surface area contributed by atoms with Gasteiger partial charge in [0, 0.05) is 43.2 Å². The quantitative estimate of drug-likeness (QED) is 0.169. The minimum atomic E-state index is 0.825. The van der Waals surface area contributed by atoms with E-state index in [9.17, 15) is 0 Å². The summed E-state index contributed by atoms with van der Waals surface area (Å²) in [6.07, 6.45) is 3.75. The molecule has 9 aromatic rings. The fourth-order valence-electron chi connectivity index (χ4n) is 7.13. The van der Waals surface area contributed by atoms with Crippen LogP contribution < -0.4 is 0 Å².